The van der Waals surface area contributed by atoms with E-state index >= 15 is 0 Å². The highest BCUT2D eigenvalue weighted by molar-refractivity contribution is 5.55. The summed E-state index contributed by atoms with van der Waals surface area (Å²) in [5.41, 5.74) is 2.12. The topological polar surface area (TPSA) is 35.6 Å². The summed E-state index contributed by atoms with van der Waals surface area (Å²) in [5, 5.41) is 0. The van der Waals surface area contributed by atoms with Crippen LogP contribution in [0.15, 0.2) is 48.9 Å². The van der Waals surface area contributed by atoms with Crippen molar-refractivity contribution >= 4 is 0 Å². The molecule has 0 aliphatic rings. The fraction of sp³-hybridized carbons (Fsp3) is 0.200. The van der Waals surface area contributed by atoms with E-state index in [-0.39, 0.29) is 0 Å². The summed E-state index contributed by atoms with van der Waals surface area (Å²) in [6.07, 6.45) is 6.70. The van der Waals surface area contributed by atoms with Gasteiger partial charge in [-0.05, 0) is 6.92 Å². The Kier molecular flexibility index (Phi) is 2.91. The summed E-state index contributed by atoms with van der Waals surface area (Å²) in [5.74, 6) is 1.96. The number of benzene rings is 1. The van der Waals surface area contributed by atoms with Crippen molar-refractivity contribution in [2.24, 2.45) is 0 Å². The Balaban J connectivity index is 2.15. The van der Waals surface area contributed by atoms with Gasteiger partial charge in [0.1, 0.15) is 5.82 Å². The second-order valence-electron chi connectivity index (χ2n) is 4.46. The monoisotopic (exact) mass is 252 g/mol. The number of aromatic nitrogens is 4. The van der Waals surface area contributed by atoms with E-state index in [9.17, 15) is 0 Å². The summed E-state index contributed by atoms with van der Waals surface area (Å²) in [6.45, 7) is 4.12. The normalized spacial score (nSPS) is 10.8. The number of imidazole rings is 2. The third-order valence-corrected chi connectivity index (χ3v) is 3.08. The fourth-order valence-corrected chi connectivity index (χ4v) is 2.23. The maximum Gasteiger partial charge on any atom is 0.159 e. The lowest BCUT2D eigenvalue weighted by Crippen LogP contribution is -2.12. The summed E-state index contributed by atoms with van der Waals surface area (Å²) < 4.78 is 4.10. The Morgan fingerprint density at radius 1 is 1.11 bits per heavy atom. The van der Waals surface area contributed by atoms with Crippen LogP contribution >= 0.6 is 0 Å². The zero-order chi connectivity index (χ0) is 13.2. The highest BCUT2D eigenvalue weighted by Gasteiger charge is 2.10. The van der Waals surface area contributed by atoms with Gasteiger partial charge in [0.15, 0.2) is 5.82 Å². The van der Waals surface area contributed by atoms with E-state index in [4.69, 9.17) is 0 Å². The van der Waals surface area contributed by atoms with E-state index in [2.05, 4.69) is 33.7 Å². The summed E-state index contributed by atoms with van der Waals surface area (Å²) in [4.78, 5) is 9.00. The first kappa shape index (κ1) is 11.7. The molecule has 0 atom stereocenters. The van der Waals surface area contributed by atoms with Crippen molar-refractivity contribution in [2.75, 3.05) is 0 Å². The van der Waals surface area contributed by atoms with Gasteiger partial charge in [-0.25, -0.2) is 19.3 Å². The van der Waals surface area contributed by atoms with E-state index in [0.29, 0.717) is 0 Å². The molecular weight excluding hydrogens is 236 g/mol. The Labute approximate surface area is 112 Å². The van der Waals surface area contributed by atoms with E-state index < -0.39 is 0 Å². The Hall–Kier alpha value is -2.36. The molecule has 0 unspecified atom stereocenters. The molecule has 0 bridgehead atoms. The van der Waals surface area contributed by atoms with Crippen LogP contribution in [0.5, 0.6) is 0 Å². The fourth-order valence-electron chi connectivity index (χ4n) is 2.23. The molecule has 2 heterocycles. The molecule has 3 aromatic rings. The number of aryl methyl sites for hydroxylation is 2. The third-order valence-electron chi connectivity index (χ3n) is 3.08. The summed E-state index contributed by atoms with van der Waals surface area (Å²) in [7, 11) is 0. The van der Waals surface area contributed by atoms with Crippen LogP contribution in [0.1, 0.15) is 18.4 Å². The van der Waals surface area contributed by atoms with Crippen LogP contribution in [0.4, 0.5) is 0 Å². The maximum absolute atomic E-state index is 4.53. The standard InChI is InChI=1S/C15H16N4/c1-3-14-17-12(2)11-19(14)18-10-9-16-15(18)13-7-5-4-6-8-13/h4-11H,3H2,1-2H3. The van der Waals surface area contributed by atoms with E-state index in [0.717, 1.165) is 29.3 Å². The first-order valence-corrected chi connectivity index (χ1v) is 6.44. The SMILES string of the molecule is CCc1nc(C)cn1-n1ccnc1-c1ccccc1. The predicted molar refractivity (Wildman–Crippen MR) is 74.8 cm³/mol. The molecule has 2 aromatic heterocycles. The van der Waals surface area contributed by atoms with Crippen LogP contribution in [-0.2, 0) is 6.42 Å². The first-order chi connectivity index (χ1) is 9.29. The molecular formula is C15H16N4. The second kappa shape index (κ2) is 4.72. The number of hydrogen-bond acceptors (Lipinski definition) is 2. The molecule has 3 rings (SSSR count). The van der Waals surface area contributed by atoms with Gasteiger partial charge < -0.3 is 0 Å². The lowest BCUT2D eigenvalue weighted by molar-refractivity contribution is 0.625. The molecule has 0 aliphatic heterocycles. The van der Waals surface area contributed by atoms with Crippen molar-refractivity contribution in [3.05, 3.63) is 60.4 Å². The van der Waals surface area contributed by atoms with Crippen LogP contribution in [0.3, 0.4) is 0 Å². The van der Waals surface area contributed by atoms with Gasteiger partial charge in [0.2, 0.25) is 0 Å². The van der Waals surface area contributed by atoms with E-state index in [1.54, 1.807) is 0 Å². The molecule has 0 N–H and O–H groups in total. The zero-order valence-electron chi connectivity index (χ0n) is 11.1. The molecule has 0 saturated heterocycles. The molecule has 4 heteroatoms. The first-order valence-electron chi connectivity index (χ1n) is 6.44. The minimum absolute atomic E-state index is 0.889. The lowest BCUT2D eigenvalue weighted by Gasteiger charge is -2.11. The molecule has 0 saturated carbocycles. The van der Waals surface area contributed by atoms with Crippen molar-refractivity contribution in [1.82, 2.24) is 19.3 Å². The van der Waals surface area contributed by atoms with Crippen molar-refractivity contribution in [1.29, 1.82) is 0 Å². The van der Waals surface area contributed by atoms with Gasteiger partial charge in [-0.2, -0.15) is 0 Å². The summed E-state index contributed by atoms with van der Waals surface area (Å²) >= 11 is 0. The highest BCUT2D eigenvalue weighted by atomic mass is 15.5. The molecule has 0 radical (unpaired) electrons. The van der Waals surface area contributed by atoms with Crippen LogP contribution in [0.25, 0.3) is 11.4 Å². The van der Waals surface area contributed by atoms with Gasteiger partial charge in [0.25, 0.3) is 0 Å². The van der Waals surface area contributed by atoms with E-state index in [1.807, 2.05) is 48.4 Å². The molecule has 19 heavy (non-hydrogen) atoms. The van der Waals surface area contributed by atoms with Crippen molar-refractivity contribution in [3.8, 4) is 11.4 Å². The van der Waals surface area contributed by atoms with Gasteiger partial charge in [0.05, 0.1) is 11.9 Å². The van der Waals surface area contributed by atoms with Crippen molar-refractivity contribution in [2.45, 2.75) is 20.3 Å². The highest BCUT2D eigenvalue weighted by Crippen LogP contribution is 2.18. The zero-order valence-corrected chi connectivity index (χ0v) is 11.1. The number of rotatable bonds is 3. The van der Waals surface area contributed by atoms with Crippen LogP contribution in [0.2, 0.25) is 0 Å². The minimum Gasteiger partial charge on any atom is -0.239 e. The molecule has 1 aromatic carbocycles. The quantitative estimate of drug-likeness (QED) is 0.718. The van der Waals surface area contributed by atoms with E-state index in [1.165, 1.54) is 0 Å². The molecule has 4 nitrogen and oxygen atoms in total. The van der Waals surface area contributed by atoms with Crippen LogP contribution < -0.4 is 0 Å². The molecule has 0 aliphatic carbocycles. The van der Waals surface area contributed by atoms with Crippen molar-refractivity contribution < 1.29 is 0 Å². The van der Waals surface area contributed by atoms with Crippen LogP contribution in [0, 0.1) is 6.92 Å². The number of hydrogen-bond donors (Lipinski definition) is 0. The van der Waals surface area contributed by atoms with Crippen LogP contribution in [-0.4, -0.2) is 19.3 Å². The minimum atomic E-state index is 0.889. The lowest BCUT2D eigenvalue weighted by atomic mass is 10.2. The molecule has 0 spiro atoms. The predicted octanol–water partition coefficient (Wildman–Crippen LogP) is 2.93. The van der Waals surface area contributed by atoms with Crippen molar-refractivity contribution in [3.63, 3.8) is 0 Å². The molecule has 0 fully saturated rings. The van der Waals surface area contributed by atoms with Gasteiger partial charge in [-0.1, -0.05) is 37.3 Å². The van der Waals surface area contributed by atoms with Gasteiger partial charge in [-0.3, -0.25) is 0 Å². The second-order valence-corrected chi connectivity index (χ2v) is 4.46. The Morgan fingerprint density at radius 3 is 2.63 bits per heavy atom. The molecule has 0 amide bonds. The smallest absolute Gasteiger partial charge is 0.159 e. The summed E-state index contributed by atoms with van der Waals surface area (Å²) in [6, 6.07) is 10.2. The Bertz CT molecular complexity index is 679. The van der Waals surface area contributed by atoms with Gasteiger partial charge in [0, 0.05) is 24.4 Å². The largest absolute Gasteiger partial charge is 0.239 e. The molecule has 96 valence electrons. The average Bonchev–Trinajstić information content (AvgIpc) is 3.05. The third kappa shape index (κ3) is 2.05. The van der Waals surface area contributed by atoms with Gasteiger partial charge >= 0.3 is 0 Å². The average molecular weight is 252 g/mol. The number of nitrogens with zero attached hydrogens (tertiary/aromatic N) is 4. The maximum atomic E-state index is 4.53. The Morgan fingerprint density at radius 2 is 1.89 bits per heavy atom. The van der Waals surface area contributed by atoms with Gasteiger partial charge in [-0.15, -0.1) is 0 Å².